The van der Waals surface area contributed by atoms with E-state index in [0.717, 1.165) is 0 Å². The zero-order valence-corrected chi connectivity index (χ0v) is 27.3. The highest BCUT2D eigenvalue weighted by Crippen LogP contribution is 2.39. The van der Waals surface area contributed by atoms with E-state index in [1.54, 1.807) is 54.6 Å². The Morgan fingerprint density at radius 1 is 0.692 bits per heavy atom. The molecule has 1 fully saturated rings. The van der Waals surface area contributed by atoms with Crippen LogP contribution in [-0.2, 0) is 25.5 Å². The Labute approximate surface area is 294 Å². The average Bonchev–Trinajstić information content (AvgIpc) is 3.56. The van der Waals surface area contributed by atoms with Crippen molar-refractivity contribution in [3.8, 4) is 17.1 Å². The molecule has 0 radical (unpaired) electrons. The first-order chi connectivity index (χ1) is 25.0. The summed E-state index contributed by atoms with van der Waals surface area (Å²) in [4.78, 5) is 40.4. The third-order valence-electron chi connectivity index (χ3n) is 7.99. The highest BCUT2D eigenvalue weighted by atomic mass is 19.4. The molecular weight excluding hydrogens is 687 g/mol. The molecule has 1 saturated heterocycles. The Kier molecular flexibility index (Phi) is 10.6. The van der Waals surface area contributed by atoms with Gasteiger partial charge in [-0.2, -0.15) is 13.2 Å². The van der Waals surface area contributed by atoms with Gasteiger partial charge in [0.05, 0.1) is 23.8 Å². The van der Waals surface area contributed by atoms with E-state index in [4.69, 9.17) is 23.7 Å². The highest BCUT2D eigenvalue weighted by molar-refractivity contribution is 5.91. The Morgan fingerprint density at radius 2 is 1.15 bits per heavy atom. The molecule has 1 aliphatic rings. The van der Waals surface area contributed by atoms with Crippen molar-refractivity contribution < 1.29 is 56.3 Å². The number of ether oxygens (including phenoxy) is 5. The van der Waals surface area contributed by atoms with Crippen LogP contribution in [0.2, 0.25) is 0 Å². The van der Waals surface area contributed by atoms with Crippen molar-refractivity contribution in [3.05, 3.63) is 138 Å². The normalized spacial score (nSPS) is 20.1. The van der Waals surface area contributed by atoms with Gasteiger partial charge in [-0.05, 0) is 60.7 Å². The maximum absolute atomic E-state index is 14.2. The van der Waals surface area contributed by atoms with Crippen LogP contribution in [0.15, 0.2) is 115 Å². The minimum atomic E-state index is -4.82. The second kappa shape index (κ2) is 15.4. The lowest BCUT2D eigenvalue weighted by molar-refractivity contribution is -0.284. The van der Waals surface area contributed by atoms with Crippen molar-refractivity contribution in [1.29, 1.82) is 0 Å². The van der Waals surface area contributed by atoms with Crippen LogP contribution in [0.4, 0.5) is 13.2 Å². The van der Waals surface area contributed by atoms with E-state index in [2.05, 4.69) is 10.2 Å². The molecule has 268 valence electrons. The van der Waals surface area contributed by atoms with Crippen LogP contribution in [-0.4, -0.2) is 75.7 Å². The van der Waals surface area contributed by atoms with Gasteiger partial charge in [0.2, 0.25) is 0 Å². The molecule has 0 aliphatic carbocycles. The maximum Gasteiger partial charge on any atom is 0.406 e. The Morgan fingerprint density at radius 3 is 1.62 bits per heavy atom. The summed E-state index contributed by atoms with van der Waals surface area (Å²) in [5.41, 5.74) is 0.314. The summed E-state index contributed by atoms with van der Waals surface area (Å²) in [5, 5.41) is 19.4. The summed E-state index contributed by atoms with van der Waals surface area (Å²) in [6.07, 6.45) is -14.4. The molecule has 4 aromatic carbocycles. The Hall–Kier alpha value is -6.06. The van der Waals surface area contributed by atoms with Crippen molar-refractivity contribution in [3.63, 3.8) is 0 Å². The van der Waals surface area contributed by atoms with Crippen molar-refractivity contribution in [1.82, 2.24) is 14.8 Å². The number of rotatable bonds is 10. The van der Waals surface area contributed by atoms with Crippen LogP contribution in [0.1, 0.15) is 43.0 Å². The third-order valence-corrected chi connectivity index (χ3v) is 7.99. The van der Waals surface area contributed by atoms with Crippen molar-refractivity contribution in [2.75, 3.05) is 7.11 Å². The molecular formula is C37H30F3N3O9. The van der Waals surface area contributed by atoms with Crippen molar-refractivity contribution in [2.45, 2.75) is 43.4 Å². The molecule has 52 heavy (non-hydrogen) atoms. The van der Waals surface area contributed by atoms with E-state index in [-0.39, 0.29) is 28.1 Å². The zero-order chi connectivity index (χ0) is 36.8. The fraction of sp³-hybridized carbons (Fsp3) is 0.216. The first-order valence-electron chi connectivity index (χ1n) is 15.8. The number of hydrogen-bond acceptors (Lipinski definition) is 11. The fourth-order valence-corrected chi connectivity index (χ4v) is 5.53. The van der Waals surface area contributed by atoms with E-state index in [0.29, 0.717) is 10.3 Å². The topological polar surface area (TPSA) is 148 Å². The van der Waals surface area contributed by atoms with Crippen LogP contribution in [0.25, 0.3) is 11.4 Å². The molecule has 5 atom stereocenters. The lowest BCUT2D eigenvalue weighted by Crippen LogP contribution is -2.59. The molecule has 0 amide bonds. The quantitative estimate of drug-likeness (QED) is 0.143. The lowest BCUT2D eigenvalue weighted by atomic mass is 9.96. The van der Waals surface area contributed by atoms with Gasteiger partial charge in [-0.15, -0.1) is 10.2 Å². The number of nitrogens with zero attached hydrogens (tertiary/aromatic N) is 3. The van der Waals surface area contributed by atoms with Crippen LogP contribution in [0.3, 0.4) is 0 Å². The van der Waals surface area contributed by atoms with Gasteiger partial charge in [-0.25, -0.2) is 14.4 Å². The number of halogens is 3. The number of aliphatic hydroxyl groups excluding tert-OH is 1. The molecule has 0 saturated carbocycles. The van der Waals surface area contributed by atoms with Gasteiger partial charge in [-0.1, -0.05) is 54.6 Å². The molecule has 5 aromatic rings. The minimum Gasteiger partial charge on any atom is -0.497 e. The predicted octanol–water partition coefficient (Wildman–Crippen LogP) is 5.58. The van der Waals surface area contributed by atoms with Gasteiger partial charge >= 0.3 is 24.1 Å². The maximum atomic E-state index is 14.2. The number of carbonyl (C=O) groups is 3. The van der Waals surface area contributed by atoms with Gasteiger partial charge in [0.15, 0.2) is 42.4 Å². The molecule has 1 aromatic heterocycles. The summed E-state index contributed by atoms with van der Waals surface area (Å²) < 4.78 is 71.6. The number of hydrogen-bond donors (Lipinski definition) is 1. The number of aliphatic hydroxyl groups is 1. The molecule has 6 rings (SSSR count). The summed E-state index contributed by atoms with van der Waals surface area (Å²) in [6.45, 7) is -1.63. The van der Waals surface area contributed by atoms with E-state index in [1.807, 2.05) is 0 Å². The first kappa shape index (κ1) is 35.8. The predicted molar refractivity (Wildman–Crippen MR) is 175 cm³/mol. The summed E-state index contributed by atoms with van der Waals surface area (Å²) >= 11 is 0. The number of esters is 3. The van der Waals surface area contributed by atoms with Gasteiger partial charge in [0.1, 0.15) is 12.3 Å². The fourth-order valence-electron chi connectivity index (χ4n) is 5.53. The van der Waals surface area contributed by atoms with Gasteiger partial charge in [0, 0.05) is 5.56 Å². The number of aromatic nitrogens is 3. The Balaban J connectivity index is 1.48. The monoisotopic (exact) mass is 717 g/mol. The standard InChI is InChI=1S/C37H30F3N3O9/c1-48-26-19-17-22(18-20-26)31-41-42-32(43(31)21-37(38,39)40)29-27(49-33(44)23-11-5-2-6-12-23)28(50-34(45)24-13-7-3-8-14-24)30(36(47)51-29)52-35(46)25-15-9-4-10-16-25/h2-20,27-30,36,47H,21H2,1H3/t27-,28-,29?,30+,36+/m0/s1. The smallest absolute Gasteiger partial charge is 0.406 e. The van der Waals surface area contributed by atoms with Gasteiger partial charge in [0.25, 0.3) is 0 Å². The average molecular weight is 718 g/mol. The second-order valence-electron chi connectivity index (χ2n) is 11.5. The summed E-state index contributed by atoms with van der Waals surface area (Å²) in [5.74, 6) is -3.32. The number of carbonyl (C=O) groups excluding carboxylic acids is 3. The van der Waals surface area contributed by atoms with Crippen LogP contribution < -0.4 is 4.74 Å². The van der Waals surface area contributed by atoms with Gasteiger partial charge < -0.3 is 28.8 Å². The molecule has 12 nitrogen and oxygen atoms in total. The molecule has 1 aliphatic heterocycles. The summed E-state index contributed by atoms with van der Waals surface area (Å²) in [7, 11) is 1.42. The van der Waals surface area contributed by atoms with Crippen LogP contribution >= 0.6 is 0 Å². The molecule has 1 unspecified atom stereocenters. The SMILES string of the molecule is COc1ccc(-c2nnc(C3O[C@@H](O)[C@H](OC(=O)c4ccccc4)[C@@H](OC(=O)c4ccccc4)[C@@H]3OC(=O)c3ccccc3)n2CC(F)(F)F)cc1. The van der Waals surface area contributed by atoms with Crippen molar-refractivity contribution >= 4 is 17.9 Å². The van der Waals surface area contributed by atoms with Crippen LogP contribution in [0, 0.1) is 0 Å². The number of alkyl halides is 3. The van der Waals surface area contributed by atoms with Crippen LogP contribution in [0.5, 0.6) is 5.75 Å². The molecule has 0 spiro atoms. The minimum absolute atomic E-state index is 0.0222. The molecule has 1 N–H and O–H groups in total. The first-order valence-corrected chi connectivity index (χ1v) is 15.8. The largest absolute Gasteiger partial charge is 0.497 e. The van der Waals surface area contributed by atoms with E-state index < -0.39 is 67.2 Å². The summed E-state index contributed by atoms with van der Waals surface area (Å²) in [6, 6.07) is 28.8. The molecule has 2 heterocycles. The third kappa shape index (κ3) is 8.11. The second-order valence-corrected chi connectivity index (χ2v) is 11.5. The van der Waals surface area contributed by atoms with Crippen molar-refractivity contribution in [2.24, 2.45) is 0 Å². The number of methoxy groups -OCH3 is 1. The Bertz CT molecular complexity index is 1990. The molecule has 15 heteroatoms. The molecule has 0 bridgehead atoms. The van der Waals surface area contributed by atoms with E-state index >= 15 is 0 Å². The van der Waals surface area contributed by atoms with Gasteiger partial charge in [-0.3, -0.25) is 4.57 Å². The lowest BCUT2D eigenvalue weighted by Gasteiger charge is -2.42. The number of benzene rings is 4. The highest BCUT2D eigenvalue weighted by Gasteiger charge is 2.54. The van der Waals surface area contributed by atoms with E-state index in [9.17, 15) is 32.7 Å². The van der Waals surface area contributed by atoms with E-state index in [1.165, 1.54) is 67.8 Å². The zero-order valence-electron chi connectivity index (χ0n) is 27.3.